The van der Waals surface area contributed by atoms with Crippen molar-refractivity contribution < 1.29 is 14.6 Å². The first-order valence-electron chi connectivity index (χ1n) is 7.72. The summed E-state index contributed by atoms with van der Waals surface area (Å²) in [5.41, 5.74) is 0. The topological polar surface area (TPSA) is 49.8 Å². The Morgan fingerprint density at radius 2 is 1.95 bits per heavy atom. The van der Waals surface area contributed by atoms with Gasteiger partial charge in [0.25, 0.3) is 0 Å². The van der Waals surface area contributed by atoms with Crippen molar-refractivity contribution in [3.05, 3.63) is 12.2 Å². The van der Waals surface area contributed by atoms with Crippen LogP contribution in [0.15, 0.2) is 12.2 Å². The molecule has 4 heteroatoms. The Balaban J connectivity index is 3.36. The summed E-state index contributed by atoms with van der Waals surface area (Å²) in [6.45, 7) is 3.20. The van der Waals surface area contributed by atoms with E-state index in [1.807, 2.05) is 32.0 Å². The summed E-state index contributed by atoms with van der Waals surface area (Å²) in [6, 6.07) is 0. The first-order chi connectivity index (χ1) is 9.56. The summed E-state index contributed by atoms with van der Waals surface area (Å²) < 4.78 is 5.04. The Morgan fingerprint density at radius 1 is 1.25 bits per heavy atom. The lowest BCUT2D eigenvalue weighted by molar-refractivity contribution is -0.138. The van der Waals surface area contributed by atoms with E-state index in [1.165, 1.54) is 6.08 Å². The van der Waals surface area contributed by atoms with Gasteiger partial charge in [0.05, 0.1) is 6.10 Å². The fraction of sp³-hybridized carbons (Fsp3) is 0.812. The van der Waals surface area contributed by atoms with Crippen LogP contribution in [0.4, 0.5) is 0 Å². The van der Waals surface area contributed by atoms with Crippen LogP contribution in [0.2, 0.25) is 0 Å². The molecule has 0 aromatic carbocycles. The lowest BCUT2D eigenvalue weighted by atomic mass is 10.1. The largest absolute Gasteiger partial charge is 0.461 e. The highest BCUT2D eigenvalue weighted by Gasteiger charge is 1.99. The highest BCUT2D eigenvalue weighted by molar-refractivity contribution is 5.81. The van der Waals surface area contributed by atoms with Crippen molar-refractivity contribution in [1.29, 1.82) is 0 Å². The second kappa shape index (κ2) is 13.1. The second-order valence-corrected chi connectivity index (χ2v) is 5.43. The van der Waals surface area contributed by atoms with Crippen LogP contribution < -0.4 is 0 Å². The number of likely N-dealkylation sites (N-methyl/N-ethyl adjacent to an activating group) is 1. The summed E-state index contributed by atoms with van der Waals surface area (Å²) in [7, 11) is 3.90. The average Bonchev–Trinajstić information content (AvgIpc) is 2.40. The summed E-state index contributed by atoms with van der Waals surface area (Å²) in [5.74, 6) is -0.252. The van der Waals surface area contributed by atoms with Crippen LogP contribution in [0.1, 0.15) is 51.9 Å². The Bertz CT molecular complexity index is 264. The van der Waals surface area contributed by atoms with Crippen LogP contribution in [-0.2, 0) is 9.53 Å². The van der Waals surface area contributed by atoms with Gasteiger partial charge in [-0.25, -0.2) is 4.79 Å². The Kier molecular flexibility index (Phi) is 12.6. The minimum atomic E-state index is -0.252. The minimum absolute atomic E-state index is 0.133. The van der Waals surface area contributed by atoms with E-state index in [-0.39, 0.29) is 12.1 Å². The Morgan fingerprint density at radius 3 is 2.60 bits per heavy atom. The molecule has 0 aromatic heterocycles. The number of aliphatic hydroxyl groups excluding tert-OH is 1. The van der Waals surface area contributed by atoms with Crippen molar-refractivity contribution in [2.45, 2.75) is 58.0 Å². The van der Waals surface area contributed by atoms with Crippen LogP contribution in [-0.4, -0.2) is 49.3 Å². The van der Waals surface area contributed by atoms with Gasteiger partial charge in [0.1, 0.15) is 6.61 Å². The molecule has 1 atom stereocenters. The van der Waals surface area contributed by atoms with E-state index in [4.69, 9.17) is 4.74 Å². The maximum atomic E-state index is 11.3. The second-order valence-electron chi connectivity index (χ2n) is 5.43. The number of carbonyl (C=O) groups excluding carboxylic acids is 1. The number of esters is 1. The number of nitrogens with zero attached hydrogens (tertiary/aromatic N) is 1. The van der Waals surface area contributed by atoms with E-state index in [0.29, 0.717) is 6.61 Å². The van der Waals surface area contributed by atoms with E-state index in [2.05, 4.69) is 0 Å². The number of rotatable bonds is 12. The van der Waals surface area contributed by atoms with Gasteiger partial charge in [0, 0.05) is 12.6 Å². The molecule has 0 rings (SSSR count). The van der Waals surface area contributed by atoms with Gasteiger partial charge in [-0.05, 0) is 39.8 Å². The number of allylic oxidation sites excluding steroid dienone is 1. The molecule has 0 aliphatic carbocycles. The van der Waals surface area contributed by atoms with Crippen LogP contribution in [0.5, 0.6) is 0 Å². The van der Waals surface area contributed by atoms with Crippen LogP contribution in [0, 0.1) is 0 Å². The van der Waals surface area contributed by atoms with Gasteiger partial charge >= 0.3 is 5.97 Å². The number of hydrogen-bond acceptors (Lipinski definition) is 4. The van der Waals surface area contributed by atoms with E-state index in [0.717, 1.165) is 51.5 Å². The smallest absolute Gasteiger partial charge is 0.330 e. The van der Waals surface area contributed by atoms with Gasteiger partial charge in [0.2, 0.25) is 0 Å². The number of carbonyl (C=O) groups is 1. The Labute approximate surface area is 123 Å². The monoisotopic (exact) mass is 285 g/mol. The molecule has 20 heavy (non-hydrogen) atoms. The molecule has 0 amide bonds. The third-order valence-corrected chi connectivity index (χ3v) is 3.17. The third-order valence-electron chi connectivity index (χ3n) is 3.17. The summed E-state index contributed by atoms with van der Waals surface area (Å²) in [4.78, 5) is 13.3. The van der Waals surface area contributed by atoms with E-state index >= 15 is 0 Å². The first-order valence-corrected chi connectivity index (χ1v) is 7.72. The van der Waals surface area contributed by atoms with E-state index in [9.17, 15) is 9.90 Å². The van der Waals surface area contributed by atoms with Crippen molar-refractivity contribution in [1.82, 2.24) is 4.90 Å². The van der Waals surface area contributed by atoms with Gasteiger partial charge in [-0.2, -0.15) is 0 Å². The number of hydrogen-bond donors (Lipinski definition) is 1. The maximum Gasteiger partial charge on any atom is 0.330 e. The number of aliphatic hydroxyl groups is 1. The fourth-order valence-electron chi connectivity index (χ4n) is 1.76. The van der Waals surface area contributed by atoms with Gasteiger partial charge in [-0.15, -0.1) is 0 Å². The normalized spacial score (nSPS) is 13.1. The zero-order valence-corrected chi connectivity index (χ0v) is 13.3. The molecule has 0 spiro atoms. The molecule has 0 aliphatic rings. The van der Waals surface area contributed by atoms with Crippen molar-refractivity contribution in [2.75, 3.05) is 27.2 Å². The third kappa shape index (κ3) is 13.6. The molecule has 0 bridgehead atoms. The van der Waals surface area contributed by atoms with Gasteiger partial charge in [0.15, 0.2) is 0 Å². The first kappa shape index (κ1) is 19.1. The molecule has 0 saturated heterocycles. The highest BCUT2D eigenvalue weighted by Crippen LogP contribution is 2.09. The SMILES string of the molecule is CCC(O)CCCCCC/C=C/C(=O)OCCN(C)C. The standard InChI is InChI=1S/C16H31NO3/c1-4-15(18)11-9-7-5-6-8-10-12-16(19)20-14-13-17(2)3/h10,12,15,18H,4-9,11,13-14H2,1-3H3/b12-10+. The predicted molar refractivity (Wildman–Crippen MR) is 82.7 cm³/mol. The van der Waals surface area contributed by atoms with Gasteiger partial charge in [-0.3, -0.25) is 0 Å². The van der Waals surface area contributed by atoms with Crippen LogP contribution >= 0.6 is 0 Å². The lowest BCUT2D eigenvalue weighted by Crippen LogP contribution is -2.19. The quantitative estimate of drug-likeness (QED) is 0.340. The number of ether oxygens (including phenoxy) is 1. The fourth-order valence-corrected chi connectivity index (χ4v) is 1.76. The van der Waals surface area contributed by atoms with Crippen molar-refractivity contribution in [3.8, 4) is 0 Å². The van der Waals surface area contributed by atoms with Crippen molar-refractivity contribution in [3.63, 3.8) is 0 Å². The molecular formula is C16H31NO3. The van der Waals surface area contributed by atoms with E-state index < -0.39 is 0 Å². The molecule has 0 radical (unpaired) electrons. The minimum Gasteiger partial charge on any atom is -0.461 e. The lowest BCUT2D eigenvalue weighted by Gasteiger charge is -2.08. The molecule has 1 N–H and O–H groups in total. The molecule has 0 heterocycles. The molecule has 118 valence electrons. The van der Waals surface area contributed by atoms with Gasteiger partial charge in [-0.1, -0.05) is 32.3 Å². The summed E-state index contributed by atoms with van der Waals surface area (Å²) in [5, 5.41) is 9.40. The molecule has 0 saturated carbocycles. The van der Waals surface area contributed by atoms with Crippen molar-refractivity contribution in [2.24, 2.45) is 0 Å². The summed E-state index contributed by atoms with van der Waals surface area (Å²) in [6.07, 6.45) is 10.4. The molecule has 0 aromatic rings. The van der Waals surface area contributed by atoms with E-state index in [1.54, 1.807) is 0 Å². The average molecular weight is 285 g/mol. The Hall–Kier alpha value is -0.870. The van der Waals surface area contributed by atoms with Crippen LogP contribution in [0.3, 0.4) is 0 Å². The molecule has 0 aliphatic heterocycles. The number of unbranched alkanes of at least 4 members (excludes halogenated alkanes) is 4. The summed E-state index contributed by atoms with van der Waals surface area (Å²) >= 11 is 0. The zero-order chi connectivity index (χ0) is 15.2. The molecule has 1 unspecified atom stereocenters. The van der Waals surface area contributed by atoms with Crippen molar-refractivity contribution >= 4 is 5.97 Å². The highest BCUT2D eigenvalue weighted by atomic mass is 16.5. The zero-order valence-electron chi connectivity index (χ0n) is 13.3. The molecule has 4 nitrogen and oxygen atoms in total. The predicted octanol–water partition coefficient (Wildman–Crippen LogP) is 2.76. The molecular weight excluding hydrogens is 254 g/mol. The van der Waals surface area contributed by atoms with Gasteiger partial charge < -0.3 is 14.7 Å². The maximum absolute atomic E-state index is 11.3. The molecule has 0 fully saturated rings. The van der Waals surface area contributed by atoms with Crippen LogP contribution in [0.25, 0.3) is 0 Å².